The zero-order valence-corrected chi connectivity index (χ0v) is 12.9. The second kappa shape index (κ2) is 5.76. The largest absolute Gasteiger partial charge is 0.423 e. The predicted octanol–water partition coefficient (Wildman–Crippen LogP) is 2.24. The quantitative estimate of drug-likeness (QED) is 0.525. The van der Waals surface area contributed by atoms with Crippen molar-refractivity contribution in [2.45, 2.75) is 38.1 Å². The van der Waals surface area contributed by atoms with E-state index in [1.54, 1.807) is 20.8 Å². The SMILES string of the molecule is C=C(C)C(=O)Oc1ccc(S(=O)(=O)NC(C)(C)C)cc1. The summed E-state index contributed by atoms with van der Waals surface area (Å²) in [4.78, 5) is 11.4. The first-order valence-corrected chi connectivity index (χ1v) is 7.51. The average Bonchev–Trinajstić information content (AvgIpc) is 2.26. The number of sulfonamides is 1. The van der Waals surface area contributed by atoms with Gasteiger partial charge >= 0.3 is 5.97 Å². The first-order chi connectivity index (χ1) is 9.01. The van der Waals surface area contributed by atoms with Crippen molar-refractivity contribution in [2.24, 2.45) is 0 Å². The van der Waals surface area contributed by atoms with Crippen molar-refractivity contribution in [3.63, 3.8) is 0 Å². The van der Waals surface area contributed by atoms with Gasteiger partial charge in [0.05, 0.1) is 4.90 Å². The third kappa shape index (κ3) is 4.79. The molecule has 0 aliphatic rings. The van der Waals surface area contributed by atoms with Crippen LogP contribution in [-0.4, -0.2) is 19.9 Å². The number of esters is 1. The smallest absolute Gasteiger partial charge is 0.338 e. The van der Waals surface area contributed by atoms with E-state index in [4.69, 9.17) is 4.74 Å². The van der Waals surface area contributed by atoms with Gasteiger partial charge in [0.2, 0.25) is 10.0 Å². The lowest BCUT2D eigenvalue weighted by Crippen LogP contribution is -2.40. The summed E-state index contributed by atoms with van der Waals surface area (Å²) in [6.45, 7) is 10.3. The Morgan fingerprint density at radius 1 is 1.20 bits per heavy atom. The lowest BCUT2D eigenvalue weighted by atomic mass is 10.1. The fourth-order valence-corrected chi connectivity index (χ4v) is 2.76. The van der Waals surface area contributed by atoms with Gasteiger partial charge in [0.25, 0.3) is 0 Å². The highest BCUT2D eigenvalue weighted by atomic mass is 32.2. The van der Waals surface area contributed by atoms with Crippen LogP contribution in [0.15, 0.2) is 41.3 Å². The lowest BCUT2D eigenvalue weighted by molar-refractivity contribution is -0.130. The molecule has 1 aromatic rings. The van der Waals surface area contributed by atoms with Gasteiger partial charge in [-0.25, -0.2) is 17.9 Å². The lowest BCUT2D eigenvalue weighted by Gasteiger charge is -2.20. The van der Waals surface area contributed by atoms with Crippen LogP contribution in [0.3, 0.4) is 0 Å². The number of hydrogen-bond donors (Lipinski definition) is 1. The molecule has 0 unspecified atom stereocenters. The van der Waals surface area contributed by atoms with Crippen LogP contribution in [0.5, 0.6) is 5.75 Å². The zero-order valence-electron chi connectivity index (χ0n) is 12.1. The normalized spacial score (nSPS) is 12.0. The molecular weight excluding hydrogens is 278 g/mol. The van der Waals surface area contributed by atoms with Crippen LogP contribution in [0.25, 0.3) is 0 Å². The Hall–Kier alpha value is -1.66. The van der Waals surface area contributed by atoms with Gasteiger partial charge < -0.3 is 4.74 Å². The van der Waals surface area contributed by atoms with Crippen molar-refractivity contribution >= 4 is 16.0 Å². The Bertz CT molecular complexity index is 610. The Labute approximate surface area is 119 Å². The number of nitrogens with one attached hydrogen (secondary N) is 1. The third-order valence-corrected chi connectivity index (χ3v) is 3.91. The van der Waals surface area contributed by atoms with E-state index in [0.717, 1.165) is 0 Å². The minimum atomic E-state index is -3.59. The summed E-state index contributed by atoms with van der Waals surface area (Å²) in [5.74, 6) is -0.277. The predicted molar refractivity (Wildman–Crippen MR) is 77.0 cm³/mol. The van der Waals surface area contributed by atoms with Crippen molar-refractivity contribution in [2.75, 3.05) is 0 Å². The van der Waals surface area contributed by atoms with Crippen molar-refractivity contribution in [3.8, 4) is 5.75 Å². The summed E-state index contributed by atoms with van der Waals surface area (Å²) in [5, 5.41) is 0. The molecule has 0 spiro atoms. The van der Waals surface area contributed by atoms with Crippen LogP contribution in [-0.2, 0) is 14.8 Å². The molecule has 20 heavy (non-hydrogen) atoms. The van der Waals surface area contributed by atoms with Gasteiger partial charge in [0.1, 0.15) is 5.75 Å². The molecule has 0 radical (unpaired) electrons. The number of benzene rings is 1. The molecule has 6 heteroatoms. The Morgan fingerprint density at radius 2 is 1.70 bits per heavy atom. The molecule has 1 aromatic carbocycles. The van der Waals surface area contributed by atoms with Gasteiger partial charge in [0.15, 0.2) is 0 Å². The molecule has 1 rings (SSSR count). The van der Waals surface area contributed by atoms with E-state index < -0.39 is 21.5 Å². The summed E-state index contributed by atoms with van der Waals surface area (Å²) in [7, 11) is -3.59. The maximum atomic E-state index is 12.1. The molecule has 0 fully saturated rings. The van der Waals surface area contributed by atoms with E-state index in [9.17, 15) is 13.2 Å². The first kappa shape index (κ1) is 16.4. The molecule has 0 heterocycles. The summed E-state index contributed by atoms with van der Waals surface area (Å²) in [6.07, 6.45) is 0. The van der Waals surface area contributed by atoms with Crippen LogP contribution in [0.2, 0.25) is 0 Å². The number of carbonyl (C=O) groups is 1. The van der Waals surface area contributed by atoms with Crippen LogP contribution < -0.4 is 9.46 Å². The molecular formula is C14H19NO4S. The third-order valence-electron chi connectivity index (χ3n) is 2.13. The van der Waals surface area contributed by atoms with Crippen molar-refractivity contribution in [1.29, 1.82) is 0 Å². The van der Waals surface area contributed by atoms with Gasteiger partial charge in [-0.1, -0.05) is 6.58 Å². The van der Waals surface area contributed by atoms with Gasteiger partial charge in [-0.2, -0.15) is 0 Å². The molecule has 0 amide bonds. The summed E-state index contributed by atoms with van der Waals surface area (Å²) in [5.41, 5.74) is -0.291. The molecule has 1 N–H and O–H groups in total. The molecule has 110 valence electrons. The van der Waals surface area contributed by atoms with Gasteiger partial charge in [-0.05, 0) is 52.0 Å². The topological polar surface area (TPSA) is 72.5 Å². The zero-order chi connectivity index (χ0) is 15.6. The molecule has 0 bridgehead atoms. The maximum Gasteiger partial charge on any atom is 0.338 e. The fraction of sp³-hybridized carbons (Fsp3) is 0.357. The fourth-order valence-electron chi connectivity index (χ4n) is 1.34. The van der Waals surface area contributed by atoms with Crippen LogP contribution in [0.4, 0.5) is 0 Å². The van der Waals surface area contributed by atoms with Crippen LogP contribution in [0.1, 0.15) is 27.7 Å². The highest BCUT2D eigenvalue weighted by Gasteiger charge is 2.21. The van der Waals surface area contributed by atoms with E-state index in [0.29, 0.717) is 0 Å². The van der Waals surface area contributed by atoms with Gasteiger partial charge in [-0.3, -0.25) is 0 Å². The average molecular weight is 297 g/mol. The number of rotatable bonds is 4. The van der Waals surface area contributed by atoms with E-state index in [2.05, 4.69) is 11.3 Å². The molecule has 0 atom stereocenters. The van der Waals surface area contributed by atoms with Crippen molar-refractivity contribution < 1.29 is 17.9 Å². The molecule has 0 saturated carbocycles. The minimum Gasteiger partial charge on any atom is -0.423 e. The van der Waals surface area contributed by atoms with E-state index >= 15 is 0 Å². The number of hydrogen-bond acceptors (Lipinski definition) is 4. The maximum absolute atomic E-state index is 12.1. The molecule has 0 saturated heterocycles. The Morgan fingerprint density at radius 3 is 2.10 bits per heavy atom. The van der Waals surface area contributed by atoms with Gasteiger partial charge in [0, 0.05) is 11.1 Å². The highest BCUT2D eigenvalue weighted by Crippen LogP contribution is 2.18. The van der Waals surface area contributed by atoms with E-state index in [1.165, 1.54) is 31.2 Å². The molecule has 0 aliphatic carbocycles. The highest BCUT2D eigenvalue weighted by molar-refractivity contribution is 7.89. The Balaban J connectivity index is 2.92. The standard InChI is InChI=1S/C14H19NO4S/c1-10(2)13(16)19-11-6-8-12(9-7-11)20(17,18)15-14(3,4)5/h6-9,15H,1H2,2-5H3. The summed E-state index contributed by atoms with van der Waals surface area (Å²) >= 11 is 0. The summed E-state index contributed by atoms with van der Waals surface area (Å²) < 4.78 is 31.6. The Kier molecular flexibility index (Phi) is 4.73. The molecule has 5 nitrogen and oxygen atoms in total. The first-order valence-electron chi connectivity index (χ1n) is 6.03. The second-order valence-corrected chi connectivity index (χ2v) is 7.18. The number of carbonyl (C=O) groups excluding carboxylic acids is 1. The van der Waals surface area contributed by atoms with Crippen molar-refractivity contribution in [1.82, 2.24) is 4.72 Å². The van der Waals surface area contributed by atoms with Crippen molar-refractivity contribution in [3.05, 3.63) is 36.4 Å². The number of ether oxygens (including phenoxy) is 1. The van der Waals surface area contributed by atoms with E-state index in [-0.39, 0.29) is 16.2 Å². The van der Waals surface area contributed by atoms with Crippen LogP contribution >= 0.6 is 0 Å². The minimum absolute atomic E-state index is 0.113. The monoisotopic (exact) mass is 297 g/mol. The van der Waals surface area contributed by atoms with E-state index in [1.807, 2.05) is 0 Å². The van der Waals surface area contributed by atoms with Crippen LogP contribution in [0, 0.1) is 0 Å². The second-order valence-electron chi connectivity index (χ2n) is 5.50. The molecule has 0 aliphatic heterocycles. The molecule has 0 aromatic heterocycles. The summed E-state index contributed by atoms with van der Waals surface area (Å²) in [6, 6.07) is 5.63. The van der Waals surface area contributed by atoms with Gasteiger partial charge in [-0.15, -0.1) is 0 Å².